The topological polar surface area (TPSA) is 75.3 Å². The fourth-order valence-electron chi connectivity index (χ4n) is 1.75. The molecule has 2 N–H and O–H groups in total. The summed E-state index contributed by atoms with van der Waals surface area (Å²) in [6.07, 6.45) is 0. The molecule has 0 radical (unpaired) electrons. The van der Waals surface area contributed by atoms with Gasteiger partial charge in [0.15, 0.2) is 0 Å². The highest BCUT2D eigenvalue weighted by Gasteiger charge is 2.22. The van der Waals surface area contributed by atoms with Crippen molar-refractivity contribution in [2.75, 3.05) is 5.32 Å². The quantitative estimate of drug-likeness (QED) is 0.809. The van der Waals surface area contributed by atoms with Gasteiger partial charge in [-0.1, -0.05) is 15.9 Å². The fraction of sp³-hybridized carbons (Fsp3) is 0.133. The first-order valence-electron chi connectivity index (χ1n) is 6.62. The molecular weight excluding hydrogens is 387 g/mol. The Labute approximate surface area is 142 Å². The molecule has 0 unspecified atom stereocenters. The molecule has 122 valence electrons. The minimum absolute atomic E-state index is 0.0575. The van der Waals surface area contributed by atoms with Crippen LogP contribution in [0, 0.1) is 5.82 Å². The predicted octanol–water partition coefficient (Wildman–Crippen LogP) is 2.89. The fourth-order valence-corrected chi connectivity index (χ4v) is 3.22. The van der Waals surface area contributed by atoms with E-state index < -0.39 is 27.8 Å². The van der Waals surface area contributed by atoms with Gasteiger partial charge in [-0.3, -0.25) is 4.79 Å². The molecular formula is C15H14BrFN2O3S. The van der Waals surface area contributed by atoms with Crippen LogP contribution in [0.1, 0.15) is 6.92 Å². The molecule has 2 aromatic rings. The van der Waals surface area contributed by atoms with Crippen molar-refractivity contribution < 1.29 is 17.6 Å². The van der Waals surface area contributed by atoms with Gasteiger partial charge in [0, 0.05) is 10.2 Å². The number of hydrogen-bond acceptors (Lipinski definition) is 3. The molecule has 0 aliphatic rings. The summed E-state index contributed by atoms with van der Waals surface area (Å²) < 4.78 is 40.3. The third-order valence-electron chi connectivity index (χ3n) is 2.96. The summed E-state index contributed by atoms with van der Waals surface area (Å²) in [4.78, 5) is 12.1. The lowest BCUT2D eigenvalue weighted by molar-refractivity contribution is -0.117. The average Bonchev–Trinajstić information content (AvgIpc) is 2.49. The second-order valence-electron chi connectivity index (χ2n) is 4.79. The molecule has 0 saturated heterocycles. The van der Waals surface area contributed by atoms with Crippen LogP contribution in [0.15, 0.2) is 57.9 Å². The first-order chi connectivity index (χ1) is 10.8. The van der Waals surface area contributed by atoms with Crippen molar-refractivity contribution in [3.63, 3.8) is 0 Å². The summed E-state index contributed by atoms with van der Waals surface area (Å²) in [6, 6.07) is 10.2. The van der Waals surface area contributed by atoms with E-state index in [-0.39, 0.29) is 4.90 Å². The van der Waals surface area contributed by atoms with Gasteiger partial charge in [-0.2, -0.15) is 4.72 Å². The third-order valence-corrected chi connectivity index (χ3v) is 5.05. The van der Waals surface area contributed by atoms with Gasteiger partial charge in [-0.05, 0) is 55.5 Å². The molecule has 0 aromatic heterocycles. The van der Waals surface area contributed by atoms with Crippen molar-refractivity contribution in [3.8, 4) is 0 Å². The first-order valence-corrected chi connectivity index (χ1v) is 8.90. The standard InChI is InChI=1S/C15H14BrFN2O3S/c1-10(15(20)18-13-6-4-12(17)5-7-13)19-23(21,22)14-8-2-11(16)3-9-14/h2-10,19H,1H3,(H,18,20)/t10-/m1/s1. The highest BCUT2D eigenvalue weighted by Crippen LogP contribution is 2.15. The summed E-state index contributed by atoms with van der Waals surface area (Å²) in [5, 5.41) is 2.51. The summed E-state index contributed by atoms with van der Waals surface area (Å²) in [5.41, 5.74) is 0.381. The number of sulfonamides is 1. The van der Waals surface area contributed by atoms with Crippen molar-refractivity contribution in [1.29, 1.82) is 0 Å². The largest absolute Gasteiger partial charge is 0.325 e. The highest BCUT2D eigenvalue weighted by molar-refractivity contribution is 9.10. The second-order valence-corrected chi connectivity index (χ2v) is 7.42. The van der Waals surface area contributed by atoms with Gasteiger partial charge in [0.25, 0.3) is 0 Å². The van der Waals surface area contributed by atoms with E-state index in [1.54, 1.807) is 12.1 Å². The summed E-state index contributed by atoms with van der Waals surface area (Å²) in [6.45, 7) is 1.43. The molecule has 5 nitrogen and oxygen atoms in total. The number of halogens is 2. The number of carbonyl (C=O) groups is 1. The van der Waals surface area contributed by atoms with E-state index in [1.807, 2.05) is 0 Å². The zero-order chi connectivity index (χ0) is 17.0. The van der Waals surface area contributed by atoms with Crippen LogP contribution in [0.5, 0.6) is 0 Å². The molecule has 0 spiro atoms. The van der Waals surface area contributed by atoms with Gasteiger partial charge < -0.3 is 5.32 Å². The zero-order valence-corrected chi connectivity index (χ0v) is 14.5. The van der Waals surface area contributed by atoms with Crippen LogP contribution in [-0.2, 0) is 14.8 Å². The lowest BCUT2D eigenvalue weighted by Crippen LogP contribution is -2.41. The lowest BCUT2D eigenvalue weighted by Gasteiger charge is -2.14. The van der Waals surface area contributed by atoms with Gasteiger partial charge in [-0.25, -0.2) is 12.8 Å². The maximum Gasteiger partial charge on any atom is 0.242 e. The van der Waals surface area contributed by atoms with E-state index >= 15 is 0 Å². The monoisotopic (exact) mass is 400 g/mol. The lowest BCUT2D eigenvalue weighted by atomic mass is 10.3. The van der Waals surface area contributed by atoms with Crippen LogP contribution in [0.3, 0.4) is 0 Å². The SMILES string of the molecule is C[C@@H](NS(=O)(=O)c1ccc(Br)cc1)C(=O)Nc1ccc(F)cc1. The highest BCUT2D eigenvalue weighted by atomic mass is 79.9. The molecule has 8 heteroatoms. The van der Waals surface area contributed by atoms with Crippen LogP contribution >= 0.6 is 15.9 Å². The van der Waals surface area contributed by atoms with E-state index in [4.69, 9.17) is 0 Å². The third kappa shape index (κ3) is 4.85. The number of hydrogen-bond donors (Lipinski definition) is 2. The number of rotatable bonds is 5. The van der Waals surface area contributed by atoms with Crippen molar-refractivity contribution in [1.82, 2.24) is 4.72 Å². The summed E-state index contributed by atoms with van der Waals surface area (Å²) >= 11 is 3.22. The van der Waals surface area contributed by atoms with Crippen molar-refractivity contribution >= 4 is 37.5 Å². The van der Waals surface area contributed by atoms with Crippen LogP contribution < -0.4 is 10.0 Å². The average molecular weight is 401 g/mol. The Morgan fingerprint density at radius 1 is 1.09 bits per heavy atom. The maximum absolute atomic E-state index is 12.8. The molecule has 1 amide bonds. The molecule has 0 bridgehead atoms. The smallest absolute Gasteiger partial charge is 0.242 e. The molecule has 0 aliphatic carbocycles. The molecule has 1 atom stereocenters. The molecule has 2 aromatic carbocycles. The Morgan fingerprint density at radius 3 is 2.22 bits per heavy atom. The van der Waals surface area contributed by atoms with Crippen LogP contribution in [0.4, 0.5) is 10.1 Å². The van der Waals surface area contributed by atoms with Crippen LogP contribution in [0.25, 0.3) is 0 Å². The molecule has 0 fully saturated rings. The Bertz CT molecular complexity index is 792. The Hall–Kier alpha value is -1.77. The van der Waals surface area contributed by atoms with E-state index in [0.717, 1.165) is 4.47 Å². The first kappa shape index (κ1) is 17.6. The molecule has 0 aliphatic heterocycles. The van der Waals surface area contributed by atoms with E-state index in [1.165, 1.54) is 43.3 Å². The number of nitrogens with one attached hydrogen (secondary N) is 2. The number of carbonyl (C=O) groups excluding carboxylic acids is 1. The van der Waals surface area contributed by atoms with Crippen molar-refractivity contribution in [2.24, 2.45) is 0 Å². The predicted molar refractivity (Wildman–Crippen MR) is 89.0 cm³/mol. The summed E-state index contributed by atoms with van der Waals surface area (Å²) in [5.74, 6) is -0.968. The van der Waals surface area contributed by atoms with E-state index in [0.29, 0.717) is 5.69 Å². The number of benzene rings is 2. The zero-order valence-electron chi connectivity index (χ0n) is 12.1. The molecule has 2 rings (SSSR count). The Kier molecular flexibility index (Phi) is 5.51. The number of amides is 1. The normalized spacial score (nSPS) is 12.7. The maximum atomic E-state index is 12.8. The Morgan fingerprint density at radius 2 is 1.65 bits per heavy atom. The van der Waals surface area contributed by atoms with E-state index in [9.17, 15) is 17.6 Å². The molecule has 23 heavy (non-hydrogen) atoms. The van der Waals surface area contributed by atoms with Crippen LogP contribution in [0.2, 0.25) is 0 Å². The van der Waals surface area contributed by atoms with Gasteiger partial charge in [-0.15, -0.1) is 0 Å². The van der Waals surface area contributed by atoms with Gasteiger partial charge in [0.2, 0.25) is 15.9 Å². The minimum atomic E-state index is -3.81. The Balaban J connectivity index is 2.05. The number of anilines is 1. The molecule has 0 saturated carbocycles. The van der Waals surface area contributed by atoms with Crippen LogP contribution in [-0.4, -0.2) is 20.4 Å². The molecule has 0 heterocycles. The van der Waals surface area contributed by atoms with Gasteiger partial charge in [0.05, 0.1) is 10.9 Å². The summed E-state index contributed by atoms with van der Waals surface area (Å²) in [7, 11) is -3.81. The van der Waals surface area contributed by atoms with Gasteiger partial charge in [0.1, 0.15) is 5.82 Å². The van der Waals surface area contributed by atoms with E-state index in [2.05, 4.69) is 26.0 Å². The van der Waals surface area contributed by atoms with Crippen molar-refractivity contribution in [2.45, 2.75) is 17.9 Å². The minimum Gasteiger partial charge on any atom is -0.325 e. The second kappa shape index (κ2) is 7.20. The van der Waals surface area contributed by atoms with Crippen molar-refractivity contribution in [3.05, 3.63) is 58.8 Å². The van der Waals surface area contributed by atoms with Gasteiger partial charge >= 0.3 is 0 Å².